The Hall–Kier alpha value is -0.940. The lowest BCUT2D eigenvalue weighted by Crippen LogP contribution is -2.39. The molecule has 1 aromatic heterocycles. The molecule has 4 nitrogen and oxygen atoms in total. The van der Waals surface area contributed by atoms with Crippen molar-refractivity contribution in [2.45, 2.75) is 46.2 Å². The molecule has 0 saturated carbocycles. The summed E-state index contributed by atoms with van der Waals surface area (Å²) in [5.41, 5.74) is 1.00. The van der Waals surface area contributed by atoms with Crippen molar-refractivity contribution in [3.8, 4) is 0 Å². The van der Waals surface area contributed by atoms with Crippen LogP contribution in [0.1, 0.15) is 37.4 Å². The number of thiazole rings is 1. The maximum atomic E-state index is 11.6. The minimum absolute atomic E-state index is 0.0608. The minimum atomic E-state index is 0.0608. The molecule has 1 heterocycles. The molecule has 0 atom stereocenters. The first-order valence-corrected chi connectivity index (χ1v) is 6.94. The van der Waals surface area contributed by atoms with E-state index >= 15 is 0 Å². The van der Waals surface area contributed by atoms with Gasteiger partial charge < -0.3 is 10.6 Å². The van der Waals surface area contributed by atoms with E-state index in [1.807, 2.05) is 12.3 Å². The topological polar surface area (TPSA) is 54.0 Å². The predicted octanol–water partition coefficient (Wildman–Crippen LogP) is 1.85. The summed E-state index contributed by atoms with van der Waals surface area (Å²) in [6.07, 6.45) is 1.96. The standard InChI is InChI=1S/C12H21N3OS/c1-4-10(5-2)15-12(16)7-13-6-11-8-17-9(3)14-11/h8,10,13H,4-7H2,1-3H3,(H,15,16). The van der Waals surface area contributed by atoms with Gasteiger partial charge in [-0.3, -0.25) is 4.79 Å². The molecular formula is C12H21N3OS. The van der Waals surface area contributed by atoms with Gasteiger partial charge >= 0.3 is 0 Å². The van der Waals surface area contributed by atoms with Gasteiger partial charge in [-0.1, -0.05) is 13.8 Å². The van der Waals surface area contributed by atoms with Gasteiger partial charge in [0.15, 0.2) is 0 Å². The average molecular weight is 255 g/mol. The van der Waals surface area contributed by atoms with Crippen molar-refractivity contribution in [1.29, 1.82) is 0 Å². The molecule has 0 fully saturated rings. The van der Waals surface area contributed by atoms with Crippen molar-refractivity contribution >= 4 is 17.2 Å². The van der Waals surface area contributed by atoms with Crippen LogP contribution in [-0.2, 0) is 11.3 Å². The van der Waals surface area contributed by atoms with Gasteiger partial charge in [-0.15, -0.1) is 11.3 Å². The number of rotatable bonds is 7. The molecule has 5 heteroatoms. The van der Waals surface area contributed by atoms with Crippen molar-refractivity contribution in [3.05, 3.63) is 16.1 Å². The predicted molar refractivity (Wildman–Crippen MR) is 71.1 cm³/mol. The molecule has 1 rings (SSSR count). The number of amides is 1. The lowest BCUT2D eigenvalue weighted by Gasteiger charge is -2.14. The molecule has 0 radical (unpaired) electrons. The van der Waals surface area contributed by atoms with Gasteiger partial charge in [0.25, 0.3) is 0 Å². The molecule has 0 saturated heterocycles. The molecule has 96 valence electrons. The third-order valence-corrected chi connectivity index (χ3v) is 3.43. The quantitative estimate of drug-likeness (QED) is 0.782. The van der Waals surface area contributed by atoms with Crippen LogP contribution < -0.4 is 10.6 Å². The highest BCUT2D eigenvalue weighted by Crippen LogP contribution is 2.06. The third kappa shape index (κ3) is 5.28. The number of aromatic nitrogens is 1. The zero-order valence-electron chi connectivity index (χ0n) is 10.7. The van der Waals surface area contributed by atoms with Gasteiger partial charge in [-0.2, -0.15) is 0 Å². The highest BCUT2D eigenvalue weighted by Gasteiger charge is 2.07. The average Bonchev–Trinajstić information content (AvgIpc) is 2.72. The Bertz CT molecular complexity index is 347. The van der Waals surface area contributed by atoms with Crippen LogP contribution in [0.5, 0.6) is 0 Å². The van der Waals surface area contributed by atoms with Crippen LogP contribution in [0.3, 0.4) is 0 Å². The van der Waals surface area contributed by atoms with Gasteiger partial charge in [0.05, 0.1) is 17.2 Å². The van der Waals surface area contributed by atoms with Crippen molar-refractivity contribution in [2.24, 2.45) is 0 Å². The van der Waals surface area contributed by atoms with E-state index in [0.717, 1.165) is 23.5 Å². The SMILES string of the molecule is CCC(CC)NC(=O)CNCc1csc(C)n1. The molecule has 17 heavy (non-hydrogen) atoms. The van der Waals surface area contributed by atoms with Crippen LogP contribution in [0.15, 0.2) is 5.38 Å². The fourth-order valence-corrected chi connectivity index (χ4v) is 2.18. The second-order valence-corrected chi connectivity index (χ2v) is 5.10. The first-order chi connectivity index (χ1) is 8.15. The highest BCUT2D eigenvalue weighted by atomic mass is 32.1. The number of nitrogens with zero attached hydrogens (tertiary/aromatic N) is 1. The lowest BCUT2D eigenvalue weighted by atomic mass is 10.2. The Balaban J connectivity index is 2.20. The van der Waals surface area contributed by atoms with Crippen LogP contribution in [0, 0.1) is 6.92 Å². The smallest absolute Gasteiger partial charge is 0.234 e. The summed E-state index contributed by atoms with van der Waals surface area (Å²) in [6.45, 7) is 7.15. The van der Waals surface area contributed by atoms with E-state index in [9.17, 15) is 4.79 Å². The fourth-order valence-electron chi connectivity index (χ4n) is 1.57. The molecule has 0 bridgehead atoms. The second kappa shape index (κ2) is 7.40. The van der Waals surface area contributed by atoms with E-state index in [-0.39, 0.29) is 5.91 Å². The Morgan fingerprint density at radius 2 is 2.18 bits per heavy atom. The summed E-state index contributed by atoms with van der Waals surface area (Å²) in [7, 11) is 0. The maximum absolute atomic E-state index is 11.6. The van der Waals surface area contributed by atoms with E-state index in [1.165, 1.54) is 0 Å². The molecule has 0 aliphatic carbocycles. The molecule has 0 spiro atoms. The minimum Gasteiger partial charge on any atom is -0.352 e. The van der Waals surface area contributed by atoms with E-state index in [2.05, 4.69) is 29.5 Å². The van der Waals surface area contributed by atoms with E-state index in [0.29, 0.717) is 19.1 Å². The van der Waals surface area contributed by atoms with E-state index < -0.39 is 0 Å². The summed E-state index contributed by atoms with van der Waals surface area (Å²) in [5, 5.41) is 9.16. The van der Waals surface area contributed by atoms with Crippen molar-refractivity contribution < 1.29 is 4.79 Å². The van der Waals surface area contributed by atoms with Gasteiger partial charge in [0.1, 0.15) is 0 Å². The first-order valence-electron chi connectivity index (χ1n) is 6.06. The fraction of sp³-hybridized carbons (Fsp3) is 0.667. The highest BCUT2D eigenvalue weighted by molar-refractivity contribution is 7.09. The first kappa shape index (κ1) is 14.1. The molecule has 1 amide bonds. The summed E-state index contributed by atoms with van der Waals surface area (Å²) in [4.78, 5) is 15.9. The van der Waals surface area contributed by atoms with E-state index in [4.69, 9.17) is 0 Å². The summed E-state index contributed by atoms with van der Waals surface area (Å²) in [5.74, 6) is 0.0608. The largest absolute Gasteiger partial charge is 0.352 e. The number of aryl methyl sites for hydroxylation is 1. The second-order valence-electron chi connectivity index (χ2n) is 4.04. The summed E-state index contributed by atoms with van der Waals surface area (Å²) in [6, 6.07) is 0.297. The Kier molecular flexibility index (Phi) is 6.15. The van der Waals surface area contributed by atoms with Crippen LogP contribution >= 0.6 is 11.3 Å². The Morgan fingerprint density at radius 1 is 1.47 bits per heavy atom. The normalized spacial score (nSPS) is 10.8. The third-order valence-electron chi connectivity index (χ3n) is 2.61. The monoisotopic (exact) mass is 255 g/mol. The number of nitrogens with one attached hydrogen (secondary N) is 2. The summed E-state index contributed by atoms with van der Waals surface area (Å²) < 4.78 is 0. The molecule has 1 aromatic rings. The van der Waals surface area contributed by atoms with Crippen LogP contribution in [0.2, 0.25) is 0 Å². The van der Waals surface area contributed by atoms with Crippen molar-refractivity contribution in [3.63, 3.8) is 0 Å². The number of carbonyl (C=O) groups is 1. The molecular weight excluding hydrogens is 234 g/mol. The van der Waals surface area contributed by atoms with Crippen LogP contribution in [0.25, 0.3) is 0 Å². The van der Waals surface area contributed by atoms with Gasteiger partial charge in [0.2, 0.25) is 5.91 Å². The zero-order valence-corrected chi connectivity index (χ0v) is 11.6. The Labute approximate surface area is 107 Å². The summed E-state index contributed by atoms with van der Waals surface area (Å²) >= 11 is 1.63. The van der Waals surface area contributed by atoms with Crippen LogP contribution in [0.4, 0.5) is 0 Å². The van der Waals surface area contributed by atoms with Crippen LogP contribution in [-0.4, -0.2) is 23.5 Å². The molecule has 0 aliphatic heterocycles. The number of hydrogen-bond donors (Lipinski definition) is 2. The zero-order chi connectivity index (χ0) is 12.7. The molecule has 0 aromatic carbocycles. The molecule has 0 aliphatic rings. The number of carbonyl (C=O) groups excluding carboxylic acids is 1. The molecule has 0 unspecified atom stereocenters. The lowest BCUT2D eigenvalue weighted by molar-refractivity contribution is -0.121. The van der Waals surface area contributed by atoms with Crippen molar-refractivity contribution in [2.75, 3.05) is 6.54 Å². The molecule has 2 N–H and O–H groups in total. The van der Waals surface area contributed by atoms with Gasteiger partial charge in [-0.25, -0.2) is 4.98 Å². The van der Waals surface area contributed by atoms with Gasteiger partial charge in [-0.05, 0) is 19.8 Å². The number of hydrogen-bond acceptors (Lipinski definition) is 4. The Morgan fingerprint density at radius 3 is 2.71 bits per heavy atom. The van der Waals surface area contributed by atoms with Crippen molar-refractivity contribution in [1.82, 2.24) is 15.6 Å². The van der Waals surface area contributed by atoms with Gasteiger partial charge in [0, 0.05) is 18.0 Å². The van der Waals surface area contributed by atoms with E-state index in [1.54, 1.807) is 11.3 Å². The maximum Gasteiger partial charge on any atom is 0.234 e.